The minimum absolute atomic E-state index is 0.0621. The lowest BCUT2D eigenvalue weighted by atomic mass is 9.96. The van der Waals surface area contributed by atoms with Gasteiger partial charge < -0.3 is 15.5 Å². The molecule has 1 rings (SSSR count). The molecular weight excluding hydrogens is 294 g/mol. The lowest BCUT2D eigenvalue weighted by Gasteiger charge is -2.14. The second-order valence-corrected chi connectivity index (χ2v) is 5.32. The van der Waals surface area contributed by atoms with Crippen LogP contribution in [0.4, 0.5) is 0 Å². The van der Waals surface area contributed by atoms with E-state index in [0.29, 0.717) is 18.5 Å². The minimum Gasteiger partial charge on any atom is -0.506 e. The lowest BCUT2D eigenvalue weighted by Crippen LogP contribution is -2.26. The highest BCUT2D eigenvalue weighted by Crippen LogP contribution is 2.23. The van der Waals surface area contributed by atoms with Gasteiger partial charge in [0, 0.05) is 18.5 Å². The van der Waals surface area contributed by atoms with E-state index in [-0.39, 0.29) is 29.0 Å². The third-order valence-electron chi connectivity index (χ3n) is 3.39. The predicted octanol–water partition coefficient (Wildman–Crippen LogP) is 3.06. The fourth-order valence-corrected chi connectivity index (χ4v) is 2.20. The summed E-state index contributed by atoms with van der Waals surface area (Å²) < 4.78 is 0. The molecule has 1 aromatic rings. The van der Waals surface area contributed by atoms with Crippen LogP contribution in [0.1, 0.15) is 43.0 Å². The van der Waals surface area contributed by atoms with Gasteiger partial charge in [0.1, 0.15) is 5.75 Å². The summed E-state index contributed by atoms with van der Waals surface area (Å²) >= 11 is 5.75. The Morgan fingerprint density at radius 1 is 1.33 bits per heavy atom. The summed E-state index contributed by atoms with van der Waals surface area (Å²) in [5.41, 5.74) is 0.386. The molecule has 0 aromatic heterocycles. The molecule has 0 fully saturated rings. The van der Waals surface area contributed by atoms with Crippen LogP contribution in [-0.2, 0) is 4.79 Å². The van der Waals surface area contributed by atoms with Gasteiger partial charge in [-0.25, -0.2) is 0 Å². The quantitative estimate of drug-likeness (QED) is 0.688. The molecule has 0 radical (unpaired) electrons. The van der Waals surface area contributed by atoms with Crippen molar-refractivity contribution in [1.29, 1.82) is 0 Å². The van der Waals surface area contributed by atoms with Gasteiger partial charge in [-0.2, -0.15) is 0 Å². The van der Waals surface area contributed by atoms with E-state index in [1.165, 1.54) is 18.2 Å². The molecule has 0 saturated heterocycles. The first-order valence-corrected chi connectivity index (χ1v) is 7.30. The van der Waals surface area contributed by atoms with Gasteiger partial charge in [0.15, 0.2) is 0 Å². The van der Waals surface area contributed by atoms with Crippen molar-refractivity contribution < 1.29 is 19.8 Å². The van der Waals surface area contributed by atoms with Crippen LogP contribution in [-0.4, -0.2) is 28.6 Å². The summed E-state index contributed by atoms with van der Waals surface area (Å²) in [6.07, 6.45) is 2.39. The van der Waals surface area contributed by atoms with E-state index in [9.17, 15) is 14.7 Å². The van der Waals surface area contributed by atoms with E-state index in [0.717, 1.165) is 12.8 Å². The fourth-order valence-electron chi connectivity index (χ4n) is 2.02. The maximum Gasteiger partial charge on any atom is 0.303 e. The Kier molecular flexibility index (Phi) is 7.02. The average Bonchev–Trinajstić information content (AvgIpc) is 2.45. The normalized spacial score (nSPS) is 11.9. The first-order chi connectivity index (χ1) is 9.93. The average molecular weight is 314 g/mol. The molecule has 0 aliphatic rings. The number of carbonyl (C=O) groups is 2. The second-order valence-electron chi connectivity index (χ2n) is 4.92. The van der Waals surface area contributed by atoms with Crippen molar-refractivity contribution in [2.45, 2.75) is 32.6 Å². The van der Waals surface area contributed by atoms with Crippen LogP contribution in [0.15, 0.2) is 18.2 Å². The highest BCUT2D eigenvalue weighted by molar-refractivity contribution is 6.32. The van der Waals surface area contributed by atoms with E-state index in [2.05, 4.69) is 5.32 Å². The second kappa shape index (κ2) is 8.52. The topological polar surface area (TPSA) is 86.6 Å². The van der Waals surface area contributed by atoms with E-state index < -0.39 is 5.97 Å². The molecule has 5 nitrogen and oxygen atoms in total. The number of halogens is 1. The standard InChI is InChI=1S/C15H20ClNO4/c1-2-10(3-6-14(19)20)7-8-17-15(21)11-4-5-13(18)12(16)9-11/h4-5,9-10,18H,2-3,6-8H2,1H3,(H,17,21)(H,19,20). The van der Waals surface area contributed by atoms with E-state index in [4.69, 9.17) is 16.7 Å². The van der Waals surface area contributed by atoms with Crippen molar-refractivity contribution >= 4 is 23.5 Å². The maximum atomic E-state index is 11.9. The first-order valence-electron chi connectivity index (χ1n) is 6.92. The van der Waals surface area contributed by atoms with Crippen LogP contribution in [0.5, 0.6) is 5.75 Å². The number of carboxylic acid groups (broad SMARTS) is 1. The maximum absolute atomic E-state index is 11.9. The summed E-state index contributed by atoms with van der Waals surface area (Å²) in [5.74, 6) is -0.834. The number of hydrogen-bond donors (Lipinski definition) is 3. The van der Waals surface area contributed by atoms with E-state index >= 15 is 0 Å². The van der Waals surface area contributed by atoms with Crippen LogP contribution < -0.4 is 5.32 Å². The molecule has 1 atom stereocenters. The minimum atomic E-state index is -0.795. The Morgan fingerprint density at radius 2 is 2.05 bits per heavy atom. The van der Waals surface area contributed by atoms with Gasteiger partial charge in [0.25, 0.3) is 5.91 Å². The van der Waals surface area contributed by atoms with Crippen molar-refractivity contribution in [2.75, 3.05) is 6.54 Å². The van der Waals surface area contributed by atoms with Gasteiger partial charge in [0.05, 0.1) is 5.02 Å². The zero-order chi connectivity index (χ0) is 15.8. The Balaban J connectivity index is 2.41. The summed E-state index contributed by atoms with van der Waals surface area (Å²) in [6, 6.07) is 4.28. The van der Waals surface area contributed by atoms with Crippen molar-refractivity contribution in [2.24, 2.45) is 5.92 Å². The molecule has 3 N–H and O–H groups in total. The third kappa shape index (κ3) is 6.04. The smallest absolute Gasteiger partial charge is 0.303 e. The van der Waals surface area contributed by atoms with Gasteiger partial charge in [0.2, 0.25) is 0 Å². The SMILES string of the molecule is CCC(CCNC(=O)c1ccc(O)c(Cl)c1)CCC(=O)O. The summed E-state index contributed by atoms with van der Waals surface area (Å²) in [6.45, 7) is 2.49. The highest BCUT2D eigenvalue weighted by Gasteiger charge is 2.11. The molecule has 1 unspecified atom stereocenters. The van der Waals surface area contributed by atoms with E-state index in [1.807, 2.05) is 6.92 Å². The number of amides is 1. The molecular formula is C15H20ClNO4. The summed E-state index contributed by atoms with van der Waals surface area (Å²) in [7, 11) is 0. The fraction of sp³-hybridized carbons (Fsp3) is 0.467. The number of carbonyl (C=O) groups excluding carboxylic acids is 1. The van der Waals surface area contributed by atoms with Crippen LogP contribution in [0, 0.1) is 5.92 Å². The number of phenols is 1. The number of rotatable bonds is 8. The lowest BCUT2D eigenvalue weighted by molar-refractivity contribution is -0.137. The van der Waals surface area contributed by atoms with Crippen LogP contribution >= 0.6 is 11.6 Å². The Hall–Kier alpha value is -1.75. The Bertz CT molecular complexity index is 504. The molecule has 0 spiro atoms. The Labute approximate surface area is 128 Å². The number of aromatic hydroxyl groups is 1. The molecule has 0 bridgehead atoms. The first kappa shape index (κ1) is 17.3. The van der Waals surface area contributed by atoms with Gasteiger partial charge in [-0.1, -0.05) is 24.9 Å². The zero-order valence-corrected chi connectivity index (χ0v) is 12.7. The van der Waals surface area contributed by atoms with Crippen molar-refractivity contribution in [1.82, 2.24) is 5.32 Å². The number of hydrogen-bond acceptors (Lipinski definition) is 3. The summed E-state index contributed by atoms with van der Waals surface area (Å²) in [5, 5.41) is 20.9. The van der Waals surface area contributed by atoms with Gasteiger partial charge in [-0.15, -0.1) is 0 Å². The summed E-state index contributed by atoms with van der Waals surface area (Å²) in [4.78, 5) is 22.4. The van der Waals surface area contributed by atoms with Crippen molar-refractivity contribution in [3.05, 3.63) is 28.8 Å². The molecule has 116 valence electrons. The van der Waals surface area contributed by atoms with Crippen molar-refractivity contribution in [3.63, 3.8) is 0 Å². The monoisotopic (exact) mass is 313 g/mol. The predicted molar refractivity (Wildman–Crippen MR) is 80.7 cm³/mol. The number of carboxylic acids is 1. The van der Waals surface area contributed by atoms with Crippen LogP contribution in [0.25, 0.3) is 0 Å². The molecule has 6 heteroatoms. The van der Waals surface area contributed by atoms with Crippen LogP contribution in [0.2, 0.25) is 5.02 Å². The molecule has 0 aliphatic heterocycles. The molecule has 1 amide bonds. The van der Waals surface area contributed by atoms with Gasteiger partial charge in [-0.05, 0) is 37.0 Å². The van der Waals surface area contributed by atoms with Crippen molar-refractivity contribution in [3.8, 4) is 5.75 Å². The molecule has 0 saturated carbocycles. The highest BCUT2D eigenvalue weighted by atomic mass is 35.5. The number of nitrogens with one attached hydrogen (secondary N) is 1. The number of aliphatic carboxylic acids is 1. The molecule has 0 aliphatic carbocycles. The van der Waals surface area contributed by atoms with Gasteiger partial charge >= 0.3 is 5.97 Å². The van der Waals surface area contributed by atoms with Gasteiger partial charge in [-0.3, -0.25) is 9.59 Å². The van der Waals surface area contributed by atoms with Crippen LogP contribution in [0.3, 0.4) is 0 Å². The third-order valence-corrected chi connectivity index (χ3v) is 3.69. The molecule has 1 aromatic carbocycles. The Morgan fingerprint density at radius 3 is 2.62 bits per heavy atom. The van der Waals surface area contributed by atoms with E-state index in [1.54, 1.807) is 0 Å². The number of phenolic OH excluding ortho intramolecular Hbond substituents is 1. The number of benzene rings is 1. The molecule has 21 heavy (non-hydrogen) atoms. The largest absolute Gasteiger partial charge is 0.506 e. The molecule has 0 heterocycles. The zero-order valence-electron chi connectivity index (χ0n) is 11.9.